The average Bonchev–Trinajstić information content (AvgIpc) is 2.88. The Morgan fingerprint density at radius 3 is 2.62 bits per heavy atom. The van der Waals surface area contributed by atoms with Gasteiger partial charge in [-0.2, -0.15) is 0 Å². The van der Waals surface area contributed by atoms with E-state index in [1.54, 1.807) is 18.3 Å². The van der Waals surface area contributed by atoms with Gasteiger partial charge in [-0.3, -0.25) is 9.59 Å². The van der Waals surface area contributed by atoms with Gasteiger partial charge in [0.05, 0.1) is 17.8 Å². The number of amides is 2. The second-order valence-electron chi connectivity index (χ2n) is 6.93. The van der Waals surface area contributed by atoms with Gasteiger partial charge in [-0.05, 0) is 46.8 Å². The van der Waals surface area contributed by atoms with E-state index in [4.69, 9.17) is 4.52 Å². The number of aromatic nitrogens is 2. The van der Waals surface area contributed by atoms with Crippen LogP contribution in [-0.2, 0) is 10.5 Å². The Morgan fingerprint density at radius 1 is 1.27 bits per heavy atom. The third kappa shape index (κ3) is 5.59. The van der Waals surface area contributed by atoms with Crippen LogP contribution in [0.1, 0.15) is 48.1 Å². The number of thioether (sulfide) groups is 1. The number of hydrogen-bond donors (Lipinski definition) is 2. The molecular formula is C18H24N4O3S. The minimum absolute atomic E-state index is 0.0844. The van der Waals surface area contributed by atoms with Crippen LogP contribution in [-0.4, -0.2) is 34.0 Å². The summed E-state index contributed by atoms with van der Waals surface area (Å²) < 4.78 is 5.16. The van der Waals surface area contributed by atoms with E-state index in [9.17, 15) is 9.59 Å². The molecule has 0 unspecified atom stereocenters. The number of rotatable bonds is 6. The quantitative estimate of drug-likeness (QED) is 0.752. The van der Waals surface area contributed by atoms with Crippen molar-refractivity contribution in [3.63, 3.8) is 0 Å². The zero-order valence-corrected chi connectivity index (χ0v) is 16.5. The number of aryl methyl sites for hydroxylation is 2. The molecule has 0 bridgehead atoms. The SMILES string of the molecule is Cc1noc(C)c1CSc1ncccc1C(=O)NCC(=O)NC(C)(C)C. The van der Waals surface area contributed by atoms with E-state index in [-0.39, 0.29) is 23.9 Å². The van der Waals surface area contributed by atoms with E-state index < -0.39 is 0 Å². The summed E-state index contributed by atoms with van der Waals surface area (Å²) in [5.74, 6) is 0.794. The molecular weight excluding hydrogens is 352 g/mol. The number of nitrogens with zero attached hydrogens (tertiary/aromatic N) is 2. The summed E-state index contributed by atoms with van der Waals surface area (Å²) in [7, 11) is 0. The molecule has 0 radical (unpaired) electrons. The van der Waals surface area contributed by atoms with Crippen LogP contribution in [0.2, 0.25) is 0 Å². The van der Waals surface area contributed by atoms with E-state index in [1.165, 1.54) is 11.8 Å². The molecule has 2 aromatic rings. The largest absolute Gasteiger partial charge is 0.361 e. The highest BCUT2D eigenvalue weighted by Crippen LogP contribution is 2.27. The summed E-state index contributed by atoms with van der Waals surface area (Å²) in [6, 6.07) is 3.39. The standard InChI is InChI=1S/C18H24N4O3S/c1-11-14(12(2)25-22-11)10-26-17-13(7-6-8-19-17)16(24)20-9-15(23)21-18(3,4)5/h6-8H,9-10H2,1-5H3,(H,20,24)(H,21,23). The predicted molar refractivity (Wildman–Crippen MR) is 100 cm³/mol. The van der Waals surface area contributed by atoms with E-state index in [0.29, 0.717) is 16.3 Å². The zero-order chi connectivity index (χ0) is 19.3. The smallest absolute Gasteiger partial charge is 0.254 e. The van der Waals surface area contributed by atoms with Crippen molar-refractivity contribution in [2.75, 3.05) is 6.54 Å². The average molecular weight is 376 g/mol. The lowest BCUT2D eigenvalue weighted by Crippen LogP contribution is -2.45. The first kappa shape index (κ1) is 20.0. The summed E-state index contributed by atoms with van der Waals surface area (Å²) in [6.45, 7) is 9.31. The lowest BCUT2D eigenvalue weighted by molar-refractivity contribution is -0.121. The Labute approximate surface area is 157 Å². The van der Waals surface area contributed by atoms with E-state index in [0.717, 1.165) is 17.0 Å². The summed E-state index contributed by atoms with van der Waals surface area (Å²) in [4.78, 5) is 28.6. The summed E-state index contributed by atoms with van der Waals surface area (Å²) in [5, 5.41) is 9.98. The molecule has 2 heterocycles. The van der Waals surface area contributed by atoms with Gasteiger partial charge in [0.1, 0.15) is 10.8 Å². The molecule has 2 amide bonds. The van der Waals surface area contributed by atoms with Crippen LogP contribution >= 0.6 is 11.8 Å². The fraction of sp³-hybridized carbons (Fsp3) is 0.444. The van der Waals surface area contributed by atoms with Gasteiger partial charge in [0.25, 0.3) is 5.91 Å². The van der Waals surface area contributed by atoms with Crippen LogP contribution < -0.4 is 10.6 Å². The van der Waals surface area contributed by atoms with Crippen LogP contribution in [0.25, 0.3) is 0 Å². The van der Waals surface area contributed by atoms with Gasteiger partial charge < -0.3 is 15.2 Å². The van der Waals surface area contributed by atoms with E-state index >= 15 is 0 Å². The van der Waals surface area contributed by atoms with Crippen molar-refractivity contribution >= 4 is 23.6 Å². The third-order valence-corrected chi connectivity index (χ3v) is 4.51. The molecule has 0 aliphatic heterocycles. The lowest BCUT2D eigenvalue weighted by atomic mass is 10.1. The number of carbonyl (C=O) groups is 2. The Morgan fingerprint density at radius 2 is 2.00 bits per heavy atom. The second-order valence-corrected chi connectivity index (χ2v) is 7.89. The molecule has 0 aliphatic carbocycles. The second kappa shape index (κ2) is 8.35. The Hall–Kier alpha value is -2.35. The highest BCUT2D eigenvalue weighted by Gasteiger charge is 2.18. The summed E-state index contributed by atoms with van der Waals surface area (Å²) >= 11 is 1.43. The molecule has 2 rings (SSSR count). The topological polar surface area (TPSA) is 97.1 Å². The first-order chi connectivity index (χ1) is 12.2. The maximum atomic E-state index is 12.5. The van der Waals surface area contributed by atoms with Crippen molar-refractivity contribution < 1.29 is 14.1 Å². The van der Waals surface area contributed by atoms with Crippen LogP contribution in [0.3, 0.4) is 0 Å². The lowest BCUT2D eigenvalue weighted by Gasteiger charge is -2.20. The molecule has 7 nitrogen and oxygen atoms in total. The minimum Gasteiger partial charge on any atom is -0.361 e. The molecule has 2 aromatic heterocycles. The molecule has 0 atom stereocenters. The van der Waals surface area contributed by atoms with Gasteiger partial charge in [-0.1, -0.05) is 5.16 Å². The fourth-order valence-corrected chi connectivity index (χ4v) is 3.39. The molecule has 0 saturated carbocycles. The summed E-state index contributed by atoms with van der Waals surface area (Å²) in [5.41, 5.74) is 1.92. The highest BCUT2D eigenvalue weighted by molar-refractivity contribution is 7.98. The zero-order valence-electron chi connectivity index (χ0n) is 15.7. The van der Waals surface area contributed by atoms with Crippen molar-refractivity contribution in [1.29, 1.82) is 0 Å². The van der Waals surface area contributed by atoms with Gasteiger partial charge in [0, 0.05) is 23.1 Å². The van der Waals surface area contributed by atoms with Crippen molar-refractivity contribution in [1.82, 2.24) is 20.8 Å². The molecule has 140 valence electrons. The predicted octanol–water partition coefficient (Wildman–Crippen LogP) is 2.62. The molecule has 0 spiro atoms. The van der Waals surface area contributed by atoms with Crippen LogP contribution in [0.5, 0.6) is 0 Å². The molecule has 0 aliphatic rings. The molecule has 0 saturated heterocycles. The van der Waals surface area contributed by atoms with Gasteiger partial charge in [-0.15, -0.1) is 11.8 Å². The first-order valence-corrected chi connectivity index (χ1v) is 9.24. The van der Waals surface area contributed by atoms with Gasteiger partial charge in [-0.25, -0.2) is 4.98 Å². The Bertz CT molecular complexity index is 776. The van der Waals surface area contributed by atoms with Crippen molar-refractivity contribution in [2.24, 2.45) is 0 Å². The van der Waals surface area contributed by atoms with E-state index in [2.05, 4.69) is 20.8 Å². The fourth-order valence-electron chi connectivity index (χ4n) is 2.25. The number of nitrogens with one attached hydrogen (secondary N) is 2. The number of hydrogen-bond acceptors (Lipinski definition) is 6. The molecule has 2 N–H and O–H groups in total. The van der Waals surface area contributed by atoms with Crippen LogP contribution in [0.15, 0.2) is 27.9 Å². The number of carbonyl (C=O) groups excluding carboxylic acids is 2. The van der Waals surface area contributed by atoms with Crippen molar-refractivity contribution in [2.45, 2.75) is 50.9 Å². The van der Waals surface area contributed by atoms with Gasteiger partial charge in [0.2, 0.25) is 5.91 Å². The maximum Gasteiger partial charge on any atom is 0.254 e. The Kier molecular flexibility index (Phi) is 6.42. The van der Waals surface area contributed by atoms with Crippen molar-refractivity contribution in [3.8, 4) is 0 Å². The molecule has 0 aromatic carbocycles. The molecule has 8 heteroatoms. The number of pyridine rings is 1. The third-order valence-electron chi connectivity index (χ3n) is 3.47. The monoisotopic (exact) mass is 376 g/mol. The van der Waals surface area contributed by atoms with Crippen LogP contribution in [0, 0.1) is 13.8 Å². The minimum atomic E-state index is -0.342. The van der Waals surface area contributed by atoms with Gasteiger partial charge in [0.15, 0.2) is 0 Å². The normalized spacial score (nSPS) is 11.3. The molecule has 26 heavy (non-hydrogen) atoms. The first-order valence-electron chi connectivity index (χ1n) is 8.26. The van der Waals surface area contributed by atoms with Crippen LogP contribution in [0.4, 0.5) is 0 Å². The summed E-state index contributed by atoms with van der Waals surface area (Å²) in [6.07, 6.45) is 1.64. The molecule has 0 fully saturated rings. The van der Waals surface area contributed by atoms with Gasteiger partial charge >= 0.3 is 0 Å². The van der Waals surface area contributed by atoms with E-state index in [1.807, 2.05) is 34.6 Å². The Balaban J connectivity index is 2.01. The van der Waals surface area contributed by atoms with Crippen molar-refractivity contribution in [3.05, 3.63) is 40.9 Å². The maximum absolute atomic E-state index is 12.5. The highest BCUT2D eigenvalue weighted by atomic mass is 32.2.